The highest BCUT2D eigenvalue weighted by molar-refractivity contribution is 5.40. The van der Waals surface area contributed by atoms with Crippen LogP contribution < -0.4 is 4.98 Å². The summed E-state index contributed by atoms with van der Waals surface area (Å²) in [6.07, 6.45) is 13.3. The maximum Gasteiger partial charge on any atom is 0.219 e. The summed E-state index contributed by atoms with van der Waals surface area (Å²) in [6, 6.07) is 0. The molecule has 1 unspecified atom stereocenters. The van der Waals surface area contributed by atoms with Gasteiger partial charge < -0.3 is 14.6 Å². The Hall–Kier alpha value is -1.39. The lowest BCUT2D eigenvalue weighted by atomic mass is 10.1. The van der Waals surface area contributed by atoms with Crippen molar-refractivity contribution >= 4 is 0 Å². The average molecular weight is 306 g/mol. The predicted molar refractivity (Wildman–Crippen MR) is 85.4 cm³/mol. The van der Waals surface area contributed by atoms with E-state index >= 15 is 0 Å². The zero-order chi connectivity index (χ0) is 15.8. The molecule has 0 spiro atoms. The van der Waals surface area contributed by atoms with E-state index in [2.05, 4.69) is 18.0 Å². The molecule has 0 aliphatic carbocycles. The van der Waals surface area contributed by atoms with Gasteiger partial charge in [0.25, 0.3) is 0 Å². The molecule has 22 heavy (non-hydrogen) atoms. The lowest BCUT2D eigenvalue weighted by Gasteiger charge is -2.11. The minimum atomic E-state index is -0.461. The number of aromatic amines is 1. The number of hydrogen-bond acceptors (Lipinski definition) is 3. The molecule has 1 aromatic heterocycles. The van der Waals surface area contributed by atoms with E-state index in [9.17, 15) is 5.11 Å². The van der Waals surface area contributed by atoms with Gasteiger partial charge in [0.2, 0.25) is 5.69 Å². The molecule has 0 bridgehead atoms. The first-order chi connectivity index (χ1) is 10.7. The number of unbranched alkanes of at least 4 members (excludes halogenated alkanes) is 5. The van der Waals surface area contributed by atoms with Crippen molar-refractivity contribution in [1.82, 2.24) is 0 Å². The first-order valence-electron chi connectivity index (χ1n) is 8.35. The number of nitrogens with one attached hydrogen (secondary N) is 1. The van der Waals surface area contributed by atoms with Crippen LogP contribution in [0.15, 0.2) is 18.3 Å². The molecule has 1 aliphatic rings. The van der Waals surface area contributed by atoms with Crippen molar-refractivity contribution in [2.75, 3.05) is 6.61 Å². The zero-order valence-electron chi connectivity index (χ0n) is 13.7. The van der Waals surface area contributed by atoms with Crippen molar-refractivity contribution in [2.45, 2.75) is 65.3 Å². The van der Waals surface area contributed by atoms with Gasteiger partial charge >= 0.3 is 0 Å². The van der Waals surface area contributed by atoms with Crippen LogP contribution >= 0.6 is 0 Å². The molecule has 0 fully saturated rings. The molecule has 122 valence electrons. The molecule has 2 heterocycles. The van der Waals surface area contributed by atoms with Gasteiger partial charge in [0, 0.05) is 6.92 Å². The summed E-state index contributed by atoms with van der Waals surface area (Å²) in [4.78, 5) is 3.03. The van der Waals surface area contributed by atoms with Crippen LogP contribution in [0.3, 0.4) is 0 Å². The number of aromatic hydroxyl groups is 1. The third-order valence-corrected chi connectivity index (χ3v) is 4.03. The Kier molecular flexibility index (Phi) is 6.87. The standard InChI is InChI=1S/C18H27NO3/c1-3-4-5-6-7-8-9-10-11-21-18-16-15(13-22-18)12-19-14(2)17(16)20/h9-10,12,18,20H,3-8,11,13H2,1-2H3/p+1/b10-9+. The molecule has 1 aromatic rings. The van der Waals surface area contributed by atoms with Gasteiger partial charge in [-0.1, -0.05) is 44.8 Å². The second-order valence-electron chi connectivity index (χ2n) is 5.85. The Bertz CT molecular complexity index is 499. The molecule has 4 heteroatoms. The number of pyridine rings is 1. The number of ether oxygens (including phenoxy) is 2. The highest BCUT2D eigenvalue weighted by Crippen LogP contribution is 2.37. The largest absolute Gasteiger partial charge is 0.502 e. The summed E-state index contributed by atoms with van der Waals surface area (Å²) in [5.41, 5.74) is 2.47. The fourth-order valence-electron chi connectivity index (χ4n) is 2.65. The quantitative estimate of drug-likeness (QED) is 0.554. The third-order valence-electron chi connectivity index (χ3n) is 4.03. The summed E-state index contributed by atoms with van der Waals surface area (Å²) in [6.45, 7) is 5.06. The summed E-state index contributed by atoms with van der Waals surface area (Å²) < 4.78 is 11.3. The van der Waals surface area contributed by atoms with Crippen molar-refractivity contribution in [1.29, 1.82) is 0 Å². The molecular weight excluding hydrogens is 278 g/mol. The smallest absolute Gasteiger partial charge is 0.219 e. The van der Waals surface area contributed by atoms with Crippen LogP contribution in [0.4, 0.5) is 0 Å². The minimum Gasteiger partial charge on any atom is -0.502 e. The maximum absolute atomic E-state index is 10.1. The topological polar surface area (TPSA) is 52.8 Å². The summed E-state index contributed by atoms with van der Waals surface area (Å²) in [5.74, 6) is 0.250. The highest BCUT2D eigenvalue weighted by Gasteiger charge is 2.30. The Morgan fingerprint density at radius 1 is 1.32 bits per heavy atom. The van der Waals surface area contributed by atoms with Crippen LogP contribution in [-0.4, -0.2) is 11.7 Å². The average Bonchev–Trinajstić information content (AvgIpc) is 2.93. The van der Waals surface area contributed by atoms with Gasteiger partial charge in [-0.2, -0.15) is 0 Å². The van der Waals surface area contributed by atoms with E-state index in [1.165, 1.54) is 32.1 Å². The van der Waals surface area contributed by atoms with Crippen LogP contribution in [-0.2, 0) is 16.1 Å². The summed E-state index contributed by atoms with van der Waals surface area (Å²) in [7, 11) is 0. The first kappa shape index (κ1) is 17.0. The molecule has 0 aromatic carbocycles. The molecule has 0 saturated carbocycles. The van der Waals surface area contributed by atoms with Crippen molar-refractivity contribution in [3.63, 3.8) is 0 Å². The molecule has 0 radical (unpaired) electrons. The second kappa shape index (κ2) is 8.91. The van der Waals surface area contributed by atoms with Crippen molar-refractivity contribution in [2.24, 2.45) is 0 Å². The van der Waals surface area contributed by atoms with Gasteiger partial charge in [-0.25, -0.2) is 4.98 Å². The molecule has 1 atom stereocenters. The lowest BCUT2D eigenvalue weighted by Crippen LogP contribution is -2.11. The Labute approximate surface area is 133 Å². The lowest BCUT2D eigenvalue weighted by molar-refractivity contribution is -0.389. The minimum absolute atomic E-state index is 0.250. The van der Waals surface area contributed by atoms with E-state index in [1.54, 1.807) is 0 Å². The van der Waals surface area contributed by atoms with Gasteiger partial charge in [-0.15, -0.1) is 0 Å². The van der Waals surface area contributed by atoms with Crippen molar-refractivity contribution in [3.05, 3.63) is 35.2 Å². The Morgan fingerprint density at radius 2 is 2.14 bits per heavy atom. The number of fused-ring (bicyclic) bond motifs is 1. The van der Waals surface area contributed by atoms with E-state index < -0.39 is 6.29 Å². The SMILES string of the molecule is CCCCCCC/C=C/COC1OCc2c[nH+]c(C)c(O)c21. The van der Waals surface area contributed by atoms with Gasteiger partial charge in [0.15, 0.2) is 18.2 Å². The van der Waals surface area contributed by atoms with Gasteiger partial charge in [0.05, 0.1) is 24.3 Å². The van der Waals surface area contributed by atoms with Crippen molar-refractivity contribution < 1.29 is 19.6 Å². The van der Waals surface area contributed by atoms with E-state index in [-0.39, 0.29) is 5.75 Å². The monoisotopic (exact) mass is 306 g/mol. The van der Waals surface area contributed by atoms with Gasteiger partial charge in [0.1, 0.15) is 0 Å². The fraction of sp³-hybridized carbons (Fsp3) is 0.611. The van der Waals surface area contributed by atoms with Crippen LogP contribution in [0.1, 0.15) is 68.6 Å². The van der Waals surface area contributed by atoms with E-state index in [4.69, 9.17) is 9.47 Å². The van der Waals surface area contributed by atoms with E-state index in [1.807, 2.05) is 19.2 Å². The van der Waals surface area contributed by atoms with Crippen LogP contribution in [0, 0.1) is 6.92 Å². The Balaban J connectivity index is 1.70. The Morgan fingerprint density at radius 3 is 2.95 bits per heavy atom. The predicted octanol–water partition coefficient (Wildman–Crippen LogP) is 3.98. The normalized spacial score (nSPS) is 17.3. The molecule has 0 saturated heterocycles. The molecule has 1 aliphatic heterocycles. The van der Waals surface area contributed by atoms with Crippen LogP contribution in [0.5, 0.6) is 5.75 Å². The van der Waals surface area contributed by atoms with E-state index in [0.717, 1.165) is 23.2 Å². The third kappa shape index (κ3) is 4.55. The molecule has 0 amide bonds. The van der Waals surface area contributed by atoms with Gasteiger partial charge in [-0.3, -0.25) is 0 Å². The van der Waals surface area contributed by atoms with Crippen LogP contribution in [0.2, 0.25) is 0 Å². The molecular formula is C18H28NO3+. The number of hydrogen-bond donors (Lipinski definition) is 1. The molecule has 4 nitrogen and oxygen atoms in total. The number of aryl methyl sites for hydroxylation is 1. The molecule has 2 rings (SSSR count). The maximum atomic E-state index is 10.1. The zero-order valence-corrected chi connectivity index (χ0v) is 13.7. The fourth-order valence-corrected chi connectivity index (χ4v) is 2.65. The number of aromatic nitrogens is 1. The van der Waals surface area contributed by atoms with Crippen LogP contribution in [0.25, 0.3) is 0 Å². The van der Waals surface area contributed by atoms with Crippen molar-refractivity contribution in [3.8, 4) is 5.75 Å². The summed E-state index contributed by atoms with van der Waals surface area (Å²) in [5, 5.41) is 10.1. The number of allylic oxidation sites excluding steroid dienone is 1. The summed E-state index contributed by atoms with van der Waals surface area (Å²) >= 11 is 0. The van der Waals surface area contributed by atoms with Gasteiger partial charge in [-0.05, 0) is 12.8 Å². The molecule has 2 N–H and O–H groups in total. The van der Waals surface area contributed by atoms with E-state index in [0.29, 0.717) is 13.2 Å². The first-order valence-corrected chi connectivity index (χ1v) is 8.35. The highest BCUT2D eigenvalue weighted by atomic mass is 16.7. The number of H-pyrrole nitrogens is 1. The number of rotatable bonds is 9. The second-order valence-corrected chi connectivity index (χ2v) is 5.85.